The summed E-state index contributed by atoms with van der Waals surface area (Å²) in [6.07, 6.45) is 5.66. The molecule has 0 aliphatic heterocycles. The number of hydrogen-bond donors (Lipinski definition) is 1. The van der Waals surface area contributed by atoms with Crippen LogP contribution in [0.1, 0.15) is 39.0 Å². The van der Waals surface area contributed by atoms with Gasteiger partial charge in [0.15, 0.2) is 0 Å². The molecule has 12 heavy (non-hydrogen) atoms. The third-order valence-electron chi connectivity index (χ3n) is 1.47. The third kappa shape index (κ3) is 13.2. The second-order valence-corrected chi connectivity index (χ2v) is 3.35. The topological polar surface area (TPSA) is 46.5 Å². The first-order valence-corrected chi connectivity index (χ1v) is 5.39. The fourth-order valence-corrected chi connectivity index (χ4v) is 1.18. The first-order valence-electron chi connectivity index (χ1n) is 4.13. The molecule has 3 nitrogen and oxygen atoms in total. The normalized spacial score (nSPS) is 12.2. The quantitative estimate of drug-likeness (QED) is 0.421. The minimum atomic E-state index is -2.68. The molecule has 0 bridgehead atoms. The summed E-state index contributed by atoms with van der Waals surface area (Å²) in [6.45, 7) is 2.58. The van der Waals surface area contributed by atoms with Crippen LogP contribution in [0.4, 0.5) is 0 Å². The molecule has 0 aromatic heterocycles. The van der Waals surface area contributed by atoms with E-state index < -0.39 is 8.25 Å². The molecule has 1 atom stereocenters. The Labute approximate surface area is 84.8 Å². The molecule has 1 unspecified atom stereocenters. The van der Waals surface area contributed by atoms with Gasteiger partial charge in [-0.15, -0.1) is 0 Å². The van der Waals surface area contributed by atoms with Crippen molar-refractivity contribution in [1.29, 1.82) is 0 Å². The van der Waals surface area contributed by atoms with E-state index >= 15 is 0 Å². The van der Waals surface area contributed by atoms with Crippen LogP contribution in [0.3, 0.4) is 0 Å². The van der Waals surface area contributed by atoms with E-state index in [2.05, 4.69) is 11.4 Å². The van der Waals surface area contributed by atoms with Crippen LogP contribution in [0, 0.1) is 0 Å². The maximum Gasteiger partial charge on any atom is 0.316 e. The van der Waals surface area contributed by atoms with E-state index in [9.17, 15) is 4.57 Å². The molecule has 0 aromatic carbocycles. The fraction of sp³-hybridized carbons (Fsp3) is 1.00. The Bertz CT molecular complexity index is 111. The average molecular weight is 239 g/mol. The van der Waals surface area contributed by atoms with Crippen LogP contribution < -0.4 is 0 Å². The summed E-state index contributed by atoms with van der Waals surface area (Å²) >= 11 is 0. The van der Waals surface area contributed by atoms with Crippen LogP contribution in [0.25, 0.3) is 0 Å². The SMILES string of the molecule is CCCCCCCO[PH](=O)O.[Ni]. The standard InChI is InChI=1S/C7H17O3P.Ni/c1-2-3-4-5-6-7-10-11(8)9;/h11H,2-7H2,1H3,(H,8,9);. The Morgan fingerprint density at radius 2 is 1.83 bits per heavy atom. The Kier molecular flexibility index (Phi) is 14.7. The molecule has 1 N–H and O–H groups in total. The van der Waals surface area contributed by atoms with Crippen LogP contribution >= 0.6 is 8.25 Å². The van der Waals surface area contributed by atoms with E-state index in [1.807, 2.05) is 0 Å². The van der Waals surface area contributed by atoms with Gasteiger partial charge in [0.05, 0.1) is 6.61 Å². The van der Waals surface area contributed by atoms with Gasteiger partial charge >= 0.3 is 8.25 Å². The molecule has 0 saturated heterocycles. The van der Waals surface area contributed by atoms with E-state index in [4.69, 9.17) is 4.89 Å². The molecule has 0 amide bonds. The molecule has 78 valence electrons. The van der Waals surface area contributed by atoms with Crippen LogP contribution in [-0.4, -0.2) is 11.5 Å². The van der Waals surface area contributed by atoms with Crippen LogP contribution in [0.5, 0.6) is 0 Å². The minimum Gasteiger partial charge on any atom is -0.326 e. The summed E-state index contributed by atoms with van der Waals surface area (Å²) in [5, 5.41) is 0. The van der Waals surface area contributed by atoms with Crippen LogP contribution in [0.2, 0.25) is 0 Å². The summed E-state index contributed by atoms with van der Waals surface area (Å²) in [4.78, 5) is 8.28. The maximum absolute atomic E-state index is 10.1. The number of unbranched alkanes of at least 4 members (excludes halogenated alkanes) is 4. The van der Waals surface area contributed by atoms with E-state index in [1.165, 1.54) is 19.3 Å². The largest absolute Gasteiger partial charge is 0.326 e. The molecule has 0 aliphatic carbocycles. The van der Waals surface area contributed by atoms with Gasteiger partial charge in [-0.1, -0.05) is 32.6 Å². The summed E-state index contributed by atoms with van der Waals surface area (Å²) in [6, 6.07) is 0. The maximum atomic E-state index is 10.1. The van der Waals surface area contributed by atoms with Crippen molar-refractivity contribution in [2.75, 3.05) is 6.61 Å². The van der Waals surface area contributed by atoms with Gasteiger partial charge in [0.1, 0.15) is 0 Å². The van der Waals surface area contributed by atoms with Crippen molar-refractivity contribution in [3.05, 3.63) is 0 Å². The van der Waals surface area contributed by atoms with Gasteiger partial charge in [0, 0.05) is 16.5 Å². The Morgan fingerprint density at radius 1 is 1.25 bits per heavy atom. The van der Waals surface area contributed by atoms with Gasteiger partial charge < -0.3 is 9.42 Å². The zero-order valence-corrected chi connectivity index (χ0v) is 9.31. The van der Waals surface area contributed by atoms with Crippen molar-refractivity contribution in [2.45, 2.75) is 39.0 Å². The van der Waals surface area contributed by atoms with Gasteiger partial charge in [-0.25, -0.2) is 0 Å². The summed E-state index contributed by atoms with van der Waals surface area (Å²) < 4.78 is 14.6. The summed E-state index contributed by atoms with van der Waals surface area (Å²) in [5.41, 5.74) is 0. The average Bonchev–Trinajstić information content (AvgIpc) is 1.96. The van der Waals surface area contributed by atoms with Crippen molar-refractivity contribution in [1.82, 2.24) is 0 Å². The molecule has 0 aliphatic rings. The van der Waals surface area contributed by atoms with Gasteiger partial charge in [-0.2, -0.15) is 0 Å². The molecule has 5 heteroatoms. The molecule has 0 spiro atoms. The van der Waals surface area contributed by atoms with E-state index in [0.717, 1.165) is 12.8 Å². The van der Waals surface area contributed by atoms with Gasteiger partial charge in [-0.05, 0) is 6.42 Å². The zero-order chi connectivity index (χ0) is 8.53. The molecule has 0 aromatic rings. The van der Waals surface area contributed by atoms with Crippen LogP contribution in [0.15, 0.2) is 0 Å². The van der Waals surface area contributed by atoms with Gasteiger partial charge in [0.2, 0.25) is 0 Å². The Morgan fingerprint density at radius 3 is 2.33 bits per heavy atom. The zero-order valence-electron chi connectivity index (χ0n) is 7.32. The molecule has 0 fully saturated rings. The first kappa shape index (κ1) is 15.1. The van der Waals surface area contributed by atoms with Crippen molar-refractivity contribution >= 4 is 8.25 Å². The van der Waals surface area contributed by atoms with Crippen molar-refractivity contribution in [3.8, 4) is 0 Å². The predicted octanol–water partition coefficient (Wildman–Crippen LogP) is 2.35. The van der Waals surface area contributed by atoms with Crippen molar-refractivity contribution < 1.29 is 30.5 Å². The van der Waals surface area contributed by atoms with E-state index in [-0.39, 0.29) is 16.5 Å². The third-order valence-corrected chi connectivity index (χ3v) is 1.92. The number of hydrogen-bond acceptors (Lipinski definition) is 2. The van der Waals surface area contributed by atoms with Crippen molar-refractivity contribution in [3.63, 3.8) is 0 Å². The van der Waals surface area contributed by atoms with Gasteiger partial charge in [-0.3, -0.25) is 4.57 Å². The second-order valence-electron chi connectivity index (χ2n) is 2.53. The van der Waals surface area contributed by atoms with E-state index in [1.54, 1.807) is 0 Å². The fourth-order valence-electron chi connectivity index (χ4n) is 0.865. The molecular formula is C7H17NiO3P. The van der Waals surface area contributed by atoms with Crippen LogP contribution in [-0.2, 0) is 25.6 Å². The first-order chi connectivity index (χ1) is 5.27. The molecule has 0 rings (SSSR count). The molecule has 0 saturated carbocycles. The number of rotatable bonds is 7. The molecule has 0 heterocycles. The minimum absolute atomic E-state index is 0. The molecular weight excluding hydrogens is 222 g/mol. The van der Waals surface area contributed by atoms with Gasteiger partial charge in [0.25, 0.3) is 0 Å². The summed E-state index contributed by atoms with van der Waals surface area (Å²) in [7, 11) is -2.68. The monoisotopic (exact) mass is 238 g/mol. The molecule has 0 radical (unpaired) electrons. The Hall–Kier alpha value is 0.644. The summed E-state index contributed by atoms with van der Waals surface area (Å²) in [5.74, 6) is 0. The smallest absolute Gasteiger partial charge is 0.316 e. The second kappa shape index (κ2) is 11.6. The Balaban J connectivity index is 0. The predicted molar refractivity (Wildman–Crippen MR) is 45.9 cm³/mol. The van der Waals surface area contributed by atoms with E-state index in [0.29, 0.717) is 6.61 Å². The van der Waals surface area contributed by atoms with Crippen molar-refractivity contribution in [2.24, 2.45) is 0 Å².